The molecular formula is C18H14F9NO. The standard InChI is InChI=1S/C18H14F9NO/c1-29-13-4-2-11(3-5-13)14(12-6-8-28-9-7-12)10-15(19,20)16(21,22)17(23,24)18(25,26)27/h2-9,14H,10H2,1H3. The molecule has 29 heavy (non-hydrogen) atoms. The first-order chi connectivity index (χ1) is 13.2. The summed E-state index contributed by atoms with van der Waals surface area (Å²) < 4.78 is 124. The maximum atomic E-state index is 14.2. The lowest BCUT2D eigenvalue weighted by atomic mass is 9.84. The van der Waals surface area contributed by atoms with Gasteiger partial charge in [-0.1, -0.05) is 12.1 Å². The van der Waals surface area contributed by atoms with Crippen LogP contribution in [0.3, 0.4) is 0 Å². The highest BCUT2D eigenvalue weighted by molar-refractivity contribution is 5.36. The van der Waals surface area contributed by atoms with Crippen LogP contribution in [-0.4, -0.2) is 36.0 Å². The SMILES string of the molecule is COc1ccc(C(CC(F)(F)C(F)(F)C(F)(F)C(F)(F)F)c2ccncc2)cc1. The van der Waals surface area contributed by atoms with E-state index in [1.54, 1.807) is 0 Å². The third-order valence-corrected chi connectivity index (χ3v) is 4.30. The monoisotopic (exact) mass is 431 g/mol. The van der Waals surface area contributed by atoms with Crippen molar-refractivity contribution < 1.29 is 44.3 Å². The molecular weight excluding hydrogens is 417 g/mol. The molecule has 1 aromatic heterocycles. The predicted molar refractivity (Wildman–Crippen MR) is 84.6 cm³/mol. The number of hydrogen-bond donors (Lipinski definition) is 0. The van der Waals surface area contributed by atoms with Crippen LogP contribution in [0.25, 0.3) is 0 Å². The van der Waals surface area contributed by atoms with Crippen molar-refractivity contribution in [3.05, 3.63) is 59.9 Å². The number of rotatable bonds is 7. The average molecular weight is 431 g/mol. The fourth-order valence-corrected chi connectivity index (χ4v) is 2.65. The molecule has 1 atom stereocenters. The van der Waals surface area contributed by atoms with Gasteiger partial charge >= 0.3 is 23.9 Å². The van der Waals surface area contributed by atoms with Crippen LogP contribution in [0.1, 0.15) is 23.5 Å². The minimum Gasteiger partial charge on any atom is -0.497 e. The van der Waals surface area contributed by atoms with Gasteiger partial charge in [-0.05, 0) is 35.4 Å². The molecule has 0 aliphatic heterocycles. The first-order valence-electron chi connectivity index (χ1n) is 7.98. The van der Waals surface area contributed by atoms with Gasteiger partial charge in [0.2, 0.25) is 0 Å². The highest BCUT2D eigenvalue weighted by atomic mass is 19.4. The quantitative estimate of drug-likeness (QED) is 0.496. The molecule has 0 saturated heterocycles. The second-order valence-electron chi connectivity index (χ2n) is 6.16. The van der Waals surface area contributed by atoms with Gasteiger partial charge in [-0.15, -0.1) is 0 Å². The molecule has 160 valence electrons. The van der Waals surface area contributed by atoms with Gasteiger partial charge in [0.15, 0.2) is 0 Å². The molecule has 1 unspecified atom stereocenters. The van der Waals surface area contributed by atoms with Crippen LogP contribution in [0, 0.1) is 0 Å². The molecule has 0 bridgehead atoms. The topological polar surface area (TPSA) is 22.1 Å². The molecule has 0 radical (unpaired) electrons. The lowest BCUT2D eigenvalue weighted by Gasteiger charge is -2.35. The molecule has 0 spiro atoms. The Morgan fingerprint density at radius 2 is 1.24 bits per heavy atom. The number of pyridine rings is 1. The van der Waals surface area contributed by atoms with E-state index in [0.29, 0.717) is 5.75 Å². The van der Waals surface area contributed by atoms with E-state index in [2.05, 4.69) is 4.98 Å². The molecule has 0 aliphatic rings. The zero-order valence-electron chi connectivity index (χ0n) is 14.7. The van der Waals surface area contributed by atoms with Crippen molar-refractivity contribution in [3.8, 4) is 5.75 Å². The average Bonchev–Trinajstić information content (AvgIpc) is 2.66. The van der Waals surface area contributed by atoms with Crippen LogP contribution < -0.4 is 4.74 Å². The van der Waals surface area contributed by atoms with Gasteiger partial charge in [-0.25, -0.2) is 0 Å². The number of benzene rings is 1. The van der Waals surface area contributed by atoms with E-state index < -0.39 is 36.3 Å². The van der Waals surface area contributed by atoms with E-state index in [4.69, 9.17) is 4.74 Å². The number of ether oxygens (including phenoxy) is 1. The van der Waals surface area contributed by atoms with E-state index in [1.807, 2.05) is 0 Å². The lowest BCUT2D eigenvalue weighted by molar-refractivity contribution is -0.397. The maximum absolute atomic E-state index is 14.2. The maximum Gasteiger partial charge on any atom is 0.460 e. The molecule has 11 heteroatoms. The Labute approximate surface area is 159 Å². The Kier molecular flexibility index (Phi) is 6.10. The zero-order valence-corrected chi connectivity index (χ0v) is 14.7. The summed E-state index contributed by atoms with van der Waals surface area (Å²) in [7, 11) is 1.31. The van der Waals surface area contributed by atoms with Gasteiger partial charge in [-0.3, -0.25) is 4.98 Å². The second kappa shape index (κ2) is 7.75. The third-order valence-electron chi connectivity index (χ3n) is 4.30. The summed E-state index contributed by atoms with van der Waals surface area (Å²) in [5.74, 6) is -20.6. The van der Waals surface area contributed by atoms with Crippen LogP contribution in [0.4, 0.5) is 39.5 Å². The number of halogens is 9. The summed E-state index contributed by atoms with van der Waals surface area (Å²) in [6.45, 7) is 0. The fraction of sp³-hybridized carbons (Fsp3) is 0.389. The normalized spacial score (nSPS) is 14.6. The number of alkyl halides is 9. The Balaban J connectivity index is 2.49. The van der Waals surface area contributed by atoms with Crippen molar-refractivity contribution in [3.63, 3.8) is 0 Å². The second-order valence-corrected chi connectivity index (χ2v) is 6.16. The van der Waals surface area contributed by atoms with Gasteiger partial charge in [0.05, 0.1) is 7.11 Å². The van der Waals surface area contributed by atoms with Crippen molar-refractivity contribution in [2.24, 2.45) is 0 Å². The smallest absolute Gasteiger partial charge is 0.460 e. The number of hydrogen-bond acceptors (Lipinski definition) is 2. The highest BCUT2D eigenvalue weighted by Gasteiger charge is 2.81. The van der Waals surface area contributed by atoms with Crippen molar-refractivity contribution in [1.29, 1.82) is 0 Å². The molecule has 0 saturated carbocycles. The highest BCUT2D eigenvalue weighted by Crippen LogP contribution is 2.55. The van der Waals surface area contributed by atoms with Crippen LogP contribution in [-0.2, 0) is 0 Å². The summed E-state index contributed by atoms with van der Waals surface area (Å²) in [6.07, 6.45) is -6.56. The van der Waals surface area contributed by atoms with E-state index in [9.17, 15) is 39.5 Å². The Hall–Kier alpha value is -2.46. The first kappa shape index (κ1) is 22.8. The van der Waals surface area contributed by atoms with Crippen LogP contribution in [0.5, 0.6) is 5.75 Å². The van der Waals surface area contributed by atoms with Crippen molar-refractivity contribution in [1.82, 2.24) is 4.98 Å². The van der Waals surface area contributed by atoms with Crippen molar-refractivity contribution >= 4 is 0 Å². The summed E-state index contributed by atoms with van der Waals surface area (Å²) in [4.78, 5) is 3.64. The van der Waals surface area contributed by atoms with Gasteiger partial charge in [0.25, 0.3) is 0 Å². The number of nitrogens with zero attached hydrogens (tertiary/aromatic N) is 1. The molecule has 0 N–H and O–H groups in total. The summed E-state index contributed by atoms with van der Waals surface area (Å²) in [6, 6.07) is 7.41. The lowest BCUT2D eigenvalue weighted by Crippen LogP contribution is -2.61. The minimum atomic E-state index is -6.92. The molecule has 0 amide bonds. The van der Waals surface area contributed by atoms with Crippen molar-refractivity contribution in [2.45, 2.75) is 36.3 Å². The molecule has 0 aliphatic carbocycles. The first-order valence-corrected chi connectivity index (χ1v) is 7.98. The van der Waals surface area contributed by atoms with Gasteiger partial charge in [-0.2, -0.15) is 39.5 Å². The molecule has 1 aromatic carbocycles. The van der Waals surface area contributed by atoms with Crippen molar-refractivity contribution in [2.75, 3.05) is 7.11 Å². The Morgan fingerprint density at radius 3 is 1.69 bits per heavy atom. The predicted octanol–water partition coefficient (Wildman–Crippen LogP) is 6.08. The van der Waals surface area contributed by atoms with E-state index >= 15 is 0 Å². The Bertz CT molecular complexity index is 804. The van der Waals surface area contributed by atoms with Gasteiger partial charge in [0.1, 0.15) is 5.75 Å². The summed E-state index contributed by atoms with van der Waals surface area (Å²) in [5, 5.41) is 0. The fourth-order valence-electron chi connectivity index (χ4n) is 2.65. The molecule has 2 nitrogen and oxygen atoms in total. The number of aromatic nitrogens is 1. The van der Waals surface area contributed by atoms with E-state index in [0.717, 1.165) is 12.4 Å². The molecule has 2 aromatic rings. The van der Waals surface area contributed by atoms with E-state index in [-0.39, 0.29) is 11.1 Å². The van der Waals surface area contributed by atoms with Crippen LogP contribution in [0.15, 0.2) is 48.8 Å². The van der Waals surface area contributed by atoms with Gasteiger partial charge < -0.3 is 4.74 Å². The largest absolute Gasteiger partial charge is 0.497 e. The summed E-state index contributed by atoms with van der Waals surface area (Å²) >= 11 is 0. The zero-order chi connectivity index (χ0) is 22.1. The van der Waals surface area contributed by atoms with Gasteiger partial charge in [0, 0.05) is 24.7 Å². The third kappa shape index (κ3) is 4.27. The molecule has 0 fully saturated rings. The van der Waals surface area contributed by atoms with Crippen LogP contribution >= 0.6 is 0 Å². The minimum absolute atomic E-state index is 0.0113. The molecule has 2 rings (SSSR count). The number of methoxy groups -OCH3 is 1. The van der Waals surface area contributed by atoms with E-state index in [1.165, 1.54) is 43.5 Å². The molecule has 1 heterocycles. The Morgan fingerprint density at radius 1 is 0.759 bits per heavy atom. The van der Waals surface area contributed by atoms with Crippen LogP contribution in [0.2, 0.25) is 0 Å². The summed E-state index contributed by atoms with van der Waals surface area (Å²) in [5.41, 5.74) is -0.0289.